The molecule has 0 bridgehead atoms. The summed E-state index contributed by atoms with van der Waals surface area (Å²) in [6.07, 6.45) is 5.68. The monoisotopic (exact) mass is 365 g/mol. The number of aromatic nitrogens is 2. The molecule has 9 heteroatoms. The number of nitrogens with two attached hydrogens (primary N) is 1. The molecule has 0 unspecified atom stereocenters. The van der Waals surface area contributed by atoms with Crippen molar-refractivity contribution in [2.75, 3.05) is 31.0 Å². The SMILES string of the molecule is CO[C@H]1CC[C@H](Nc2ncc(C(N)=O)c(N[C@H]3COC[C@H](O)C3)n2)CC1. The van der Waals surface area contributed by atoms with E-state index in [1.807, 2.05) is 0 Å². The minimum absolute atomic E-state index is 0.142. The molecule has 5 N–H and O–H groups in total. The number of nitrogens with one attached hydrogen (secondary N) is 2. The Bertz CT molecular complexity index is 621. The summed E-state index contributed by atoms with van der Waals surface area (Å²) in [5.74, 6) is 0.218. The van der Waals surface area contributed by atoms with Gasteiger partial charge in [0.25, 0.3) is 5.91 Å². The Kier molecular flexibility index (Phi) is 6.23. The van der Waals surface area contributed by atoms with E-state index in [0.29, 0.717) is 37.5 Å². The summed E-state index contributed by atoms with van der Waals surface area (Å²) >= 11 is 0. The zero-order valence-electron chi connectivity index (χ0n) is 15.0. The van der Waals surface area contributed by atoms with Crippen molar-refractivity contribution >= 4 is 17.7 Å². The largest absolute Gasteiger partial charge is 0.391 e. The highest BCUT2D eigenvalue weighted by Crippen LogP contribution is 2.24. The molecule has 1 aliphatic heterocycles. The summed E-state index contributed by atoms with van der Waals surface area (Å²) in [6, 6.07) is 0.130. The Hall–Kier alpha value is -1.97. The number of carbonyl (C=O) groups excluding carboxylic acids is 1. The van der Waals surface area contributed by atoms with Gasteiger partial charge < -0.3 is 30.9 Å². The average Bonchev–Trinajstić information content (AvgIpc) is 2.62. The maximum absolute atomic E-state index is 11.7. The van der Waals surface area contributed by atoms with E-state index in [0.717, 1.165) is 25.7 Å². The van der Waals surface area contributed by atoms with Crippen LogP contribution in [-0.2, 0) is 9.47 Å². The zero-order valence-corrected chi connectivity index (χ0v) is 15.0. The predicted octanol–water partition coefficient (Wildman–Crippen LogP) is 0.507. The van der Waals surface area contributed by atoms with Crippen LogP contribution in [0, 0.1) is 0 Å². The topological polar surface area (TPSA) is 132 Å². The smallest absolute Gasteiger partial charge is 0.254 e. The van der Waals surface area contributed by atoms with Crippen LogP contribution in [0.1, 0.15) is 42.5 Å². The van der Waals surface area contributed by atoms with E-state index in [4.69, 9.17) is 15.2 Å². The van der Waals surface area contributed by atoms with Crippen LogP contribution in [0.5, 0.6) is 0 Å². The summed E-state index contributed by atoms with van der Waals surface area (Å²) < 4.78 is 10.7. The molecule has 1 amide bonds. The highest BCUT2D eigenvalue weighted by atomic mass is 16.5. The molecule has 1 aromatic heterocycles. The molecule has 2 fully saturated rings. The first-order valence-electron chi connectivity index (χ1n) is 9.03. The lowest BCUT2D eigenvalue weighted by Crippen LogP contribution is -2.38. The van der Waals surface area contributed by atoms with Gasteiger partial charge in [0.15, 0.2) is 0 Å². The van der Waals surface area contributed by atoms with Crippen molar-refractivity contribution in [2.45, 2.75) is 56.4 Å². The molecule has 1 saturated carbocycles. The summed E-state index contributed by atoms with van der Waals surface area (Å²) in [5.41, 5.74) is 5.66. The first kappa shape index (κ1) is 18.8. The third-order valence-corrected chi connectivity index (χ3v) is 4.92. The van der Waals surface area contributed by atoms with Crippen LogP contribution in [0.3, 0.4) is 0 Å². The van der Waals surface area contributed by atoms with Gasteiger partial charge in [0, 0.05) is 19.3 Å². The molecule has 3 rings (SSSR count). The number of hydrogen-bond donors (Lipinski definition) is 4. The van der Waals surface area contributed by atoms with Gasteiger partial charge in [0.2, 0.25) is 5.95 Å². The Morgan fingerprint density at radius 3 is 2.69 bits per heavy atom. The van der Waals surface area contributed by atoms with Crippen LogP contribution in [0.4, 0.5) is 11.8 Å². The van der Waals surface area contributed by atoms with Crippen LogP contribution >= 0.6 is 0 Å². The molecule has 1 saturated heterocycles. The molecule has 144 valence electrons. The van der Waals surface area contributed by atoms with Crippen molar-refractivity contribution < 1.29 is 19.4 Å². The van der Waals surface area contributed by atoms with Crippen molar-refractivity contribution in [2.24, 2.45) is 5.73 Å². The lowest BCUT2D eigenvalue weighted by Gasteiger charge is -2.29. The lowest BCUT2D eigenvalue weighted by atomic mass is 9.93. The summed E-state index contributed by atoms with van der Waals surface area (Å²) in [6.45, 7) is 0.755. The number of hydrogen-bond acceptors (Lipinski definition) is 8. The minimum atomic E-state index is -0.600. The minimum Gasteiger partial charge on any atom is -0.391 e. The van der Waals surface area contributed by atoms with E-state index in [9.17, 15) is 9.90 Å². The van der Waals surface area contributed by atoms with Crippen molar-refractivity contribution in [1.29, 1.82) is 0 Å². The molecule has 1 aromatic rings. The van der Waals surface area contributed by atoms with E-state index in [1.54, 1.807) is 7.11 Å². The summed E-state index contributed by atoms with van der Waals surface area (Å²) in [5, 5.41) is 16.2. The molecular formula is C17H27N5O4. The number of aliphatic hydroxyl groups excluding tert-OH is 1. The number of rotatable bonds is 6. The van der Waals surface area contributed by atoms with Gasteiger partial charge in [-0.15, -0.1) is 0 Å². The molecule has 2 heterocycles. The molecule has 2 aliphatic rings. The summed E-state index contributed by atoms with van der Waals surface area (Å²) in [4.78, 5) is 20.4. The number of nitrogens with zero attached hydrogens (tertiary/aromatic N) is 2. The summed E-state index contributed by atoms with van der Waals surface area (Å²) in [7, 11) is 1.74. The van der Waals surface area contributed by atoms with Crippen LogP contribution in [0.2, 0.25) is 0 Å². The second-order valence-electron chi connectivity index (χ2n) is 6.94. The maximum Gasteiger partial charge on any atom is 0.254 e. The third-order valence-electron chi connectivity index (χ3n) is 4.92. The average molecular weight is 365 g/mol. The van der Waals surface area contributed by atoms with Crippen molar-refractivity contribution in [1.82, 2.24) is 9.97 Å². The van der Waals surface area contributed by atoms with Crippen LogP contribution in [0.25, 0.3) is 0 Å². The van der Waals surface area contributed by atoms with Gasteiger partial charge in [0.1, 0.15) is 5.82 Å². The fourth-order valence-corrected chi connectivity index (χ4v) is 3.47. The number of amides is 1. The number of carbonyl (C=O) groups is 1. The molecule has 0 aromatic carbocycles. The third kappa shape index (κ3) is 4.80. The molecule has 26 heavy (non-hydrogen) atoms. The van der Waals surface area contributed by atoms with E-state index >= 15 is 0 Å². The Morgan fingerprint density at radius 1 is 1.27 bits per heavy atom. The van der Waals surface area contributed by atoms with Crippen LogP contribution in [-0.4, -0.2) is 65.6 Å². The van der Waals surface area contributed by atoms with Crippen LogP contribution < -0.4 is 16.4 Å². The second kappa shape index (κ2) is 8.61. The Morgan fingerprint density at radius 2 is 2.04 bits per heavy atom. The van der Waals surface area contributed by atoms with Crippen molar-refractivity contribution in [3.05, 3.63) is 11.8 Å². The normalized spacial score (nSPS) is 29.2. The number of anilines is 2. The van der Waals surface area contributed by atoms with E-state index in [2.05, 4.69) is 20.6 Å². The van der Waals surface area contributed by atoms with Gasteiger partial charge in [-0.3, -0.25) is 4.79 Å². The fourth-order valence-electron chi connectivity index (χ4n) is 3.47. The fraction of sp³-hybridized carbons (Fsp3) is 0.706. The number of aliphatic hydroxyl groups is 1. The van der Waals surface area contributed by atoms with Crippen molar-refractivity contribution in [3.63, 3.8) is 0 Å². The number of primary amides is 1. The van der Waals surface area contributed by atoms with Gasteiger partial charge in [-0.1, -0.05) is 0 Å². The molecular weight excluding hydrogens is 338 g/mol. The van der Waals surface area contributed by atoms with Gasteiger partial charge >= 0.3 is 0 Å². The van der Waals surface area contributed by atoms with Gasteiger partial charge in [-0.05, 0) is 32.1 Å². The predicted molar refractivity (Wildman–Crippen MR) is 96.1 cm³/mol. The molecule has 1 aliphatic carbocycles. The number of ether oxygens (including phenoxy) is 2. The lowest BCUT2D eigenvalue weighted by molar-refractivity contribution is -0.0117. The molecule has 2 atom stereocenters. The van der Waals surface area contributed by atoms with Gasteiger partial charge in [-0.25, -0.2) is 4.98 Å². The Balaban J connectivity index is 1.68. The molecule has 0 radical (unpaired) electrons. The molecule has 0 spiro atoms. The van der Waals surface area contributed by atoms with Gasteiger partial charge in [-0.2, -0.15) is 4.98 Å². The second-order valence-corrected chi connectivity index (χ2v) is 6.94. The molecule has 9 nitrogen and oxygen atoms in total. The standard InChI is InChI=1S/C17H27N5O4/c1-25-13-4-2-10(3-5-13)21-17-19-7-14(15(18)24)16(22-17)20-11-6-12(23)9-26-8-11/h7,10-13,23H,2-6,8-9H2,1H3,(H2,18,24)(H2,19,20,21,22)/t10-,11-,12-,13-/m1/s1. The van der Waals surface area contributed by atoms with Gasteiger partial charge in [0.05, 0.1) is 37.0 Å². The zero-order chi connectivity index (χ0) is 18.5. The van der Waals surface area contributed by atoms with E-state index < -0.39 is 12.0 Å². The van der Waals surface area contributed by atoms with Crippen LogP contribution in [0.15, 0.2) is 6.20 Å². The van der Waals surface area contributed by atoms with E-state index in [1.165, 1.54) is 6.20 Å². The van der Waals surface area contributed by atoms with E-state index in [-0.39, 0.29) is 17.6 Å². The highest BCUT2D eigenvalue weighted by molar-refractivity contribution is 5.97. The Labute approximate surface area is 152 Å². The first-order chi connectivity index (χ1) is 12.5. The highest BCUT2D eigenvalue weighted by Gasteiger charge is 2.24. The van der Waals surface area contributed by atoms with Crippen molar-refractivity contribution in [3.8, 4) is 0 Å². The first-order valence-corrected chi connectivity index (χ1v) is 9.03. The maximum atomic E-state index is 11.7. The quantitative estimate of drug-likeness (QED) is 0.573. The number of methoxy groups -OCH3 is 1.